The number of rotatable bonds is 4. The minimum absolute atomic E-state index is 0.0605. The Morgan fingerprint density at radius 2 is 1.73 bits per heavy atom. The number of hydrogen-bond donors (Lipinski definition) is 1. The van der Waals surface area contributed by atoms with Crippen LogP contribution in [0.4, 0.5) is 11.4 Å². The van der Waals surface area contributed by atoms with Crippen LogP contribution in [0.15, 0.2) is 58.1 Å². The van der Waals surface area contributed by atoms with Crippen molar-refractivity contribution in [3.8, 4) is 0 Å². The highest BCUT2D eigenvalue weighted by Gasteiger charge is 2.18. The zero-order valence-electron chi connectivity index (χ0n) is 11.1. The molecule has 1 N–H and O–H groups in total. The lowest BCUT2D eigenvalue weighted by atomic mass is 10.1. The molecule has 1 aromatic heterocycles. The van der Waals surface area contributed by atoms with Crippen molar-refractivity contribution in [1.82, 2.24) is 0 Å². The minimum atomic E-state index is -3.70. The third-order valence-corrected chi connectivity index (χ3v) is 5.86. The lowest BCUT2D eigenvalue weighted by molar-refractivity contribution is -0.383. The zero-order valence-corrected chi connectivity index (χ0v) is 12.7. The Morgan fingerprint density at radius 3 is 2.41 bits per heavy atom. The Balaban J connectivity index is 2.13. The predicted molar refractivity (Wildman–Crippen MR) is 85.7 cm³/mol. The van der Waals surface area contributed by atoms with E-state index in [0.29, 0.717) is 16.5 Å². The number of nitrogens with one attached hydrogen (secondary N) is 1. The Hall–Kier alpha value is -2.45. The van der Waals surface area contributed by atoms with Gasteiger partial charge in [0.05, 0.1) is 16.0 Å². The van der Waals surface area contributed by atoms with Crippen molar-refractivity contribution >= 4 is 43.5 Å². The maximum atomic E-state index is 12.3. The van der Waals surface area contributed by atoms with E-state index in [1.54, 1.807) is 35.7 Å². The first-order chi connectivity index (χ1) is 10.5. The number of hydrogen-bond acceptors (Lipinski definition) is 5. The standard InChI is InChI=1S/C14H10N2O4S2/c17-16(18)13-7-2-4-10-11(13)5-1-6-12(10)15-22(19,20)14-8-3-9-21-14/h1-9,15H. The van der Waals surface area contributed by atoms with Crippen molar-refractivity contribution in [2.24, 2.45) is 0 Å². The molecule has 22 heavy (non-hydrogen) atoms. The molecule has 0 amide bonds. The average molecular weight is 334 g/mol. The predicted octanol–water partition coefficient (Wildman–Crippen LogP) is 3.61. The summed E-state index contributed by atoms with van der Waals surface area (Å²) in [5.41, 5.74) is 0.254. The second-order valence-electron chi connectivity index (χ2n) is 4.47. The fourth-order valence-corrected chi connectivity index (χ4v) is 4.23. The molecule has 0 radical (unpaired) electrons. The summed E-state index contributed by atoms with van der Waals surface area (Å²) in [6, 6.07) is 12.5. The molecule has 3 rings (SSSR count). The highest BCUT2D eigenvalue weighted by Crippen LogP contribution is 2.32. The van der Waals surface area contributed by atoms with Gasteiger partial charge in [-0.3, -0.25) is 14.8 Å². The lowest BCUT2D eigenvalue weighted by Crippen LogP contribution is -2.11. The molecule has 0 saturated heterocycles. The summed E-state index contributed by atoms with van der Waals surface area (Å²) in [6.07, 6.45) is 0. The Kier molecular flexibility index (Phi) is 3.55. The van der Waals surface area contributed by atoms with E-state index in [1.165, 1.54) is 18.2 Å². The molecule has 2 aromatic carbocycles. The molecule has 0 unspecified atom stereocenters. The van der Waals surface area contributed by atoms with E-state index in [-0.39, 0.29) is 9.90 Å². The van der Waals surface area contributed by atoms with Crippen molar-refractivity contribution in [3.05, 3.63) is 64.0 Å². The summed E-state index contributed by atoms with van der Waals surface area (Å²) < 4.78 is 27.3. The van der Waals surface area contributed by atoms with Gasteiger partial charge in [-0.25, -0.2) is 8.42 Å². The quantitative estimate of drug-likeness (QED) is 0.583. The normalized spacial score (nSPS) is 11.5. The van der Waals surface area contributed by atoms with Gasteiger partial charge in [-0.05, 0) is 23.6 Å². The van der Waals surface area contributed by atoms with Gasteiger partial charge in [0.1, 0.15) is 4.21 Å². The molecule has 0 fully saturated rings. The van der Waals surface area contributed by atoms with E-state index < -0.39 is 14.9 Å². The van der Waals surface area contributed by atoms with Crippen molar-refractivity contribution < 1.29 is 13.3 Å². The van der Waals surface area contributed by atoms with Crippen LogP contribution in [0.3, 0.4) is 0 Å². The number of nitrogens with zero attached hydrogens (tertiary/aromatic N) is 1. The van der Waals surface area contributed by atoms with E-state index in [1.807, 2.05) is 0 Å². The van der Waals surface area contributed by atoms with Crippen LogP contribution in [0.25, 0.3) is 10.8 Å². The fraction of sp³-hybridized carbons (Fsp3) is 0. The first-order valence-corrected chi connectivity index (χ1v) is 8.58. The first-order valence-electron chi connectivity index (χ1n) is 6.21. The summed E-state index contributed by atoms with van der Waals surface area (Å²) in [4.78, 5) is 10.6. The van der Waals surface area contributed by atoms with Gasteiger partial charge in [0, 0.05) is 11.5 Å². The van der Waals surface area contributed by atoms with Gasteiger partial charge in [-0.15, -0.1) is 11.3 Å². The molecule has 112 valence electrons. The topological polar surface area (TPSA) is 89.3 Å². The van der Waals surface area contributed by atoms with E-state index in [9.17, 15) is 18.5 Å². The molecule has 0 bridgehead atoms. The molecule has 1 heterocycles. The zero-order chi connectivity index (χ0) is 15.7. The monoisotopic (exact) mass is 334 g/mol. The summed E-state index contributed by atoms with van der Waals surface area (Å²) in [5, 5.41) is 13.6. The highest BCUT2D eigenvalue weighted by atomic mass is 32.2. The number of non-ortho nitro benzene ring substituents is 1. The molecule has 3 aromatic rings. The van der Waals surface area contributed by atoms with Crippen LogP contribution in [0.2, 0.25) is 0 Å². The molecule has 0 aliphatic carbocycles. The number of sulfonamides is 1. The summed E-state index contributed by atoms with van der Waals surface area (Å²) in [5.74, 6) is 0. The van der Waals surface area contributed by atoms with Gasteiger partial charge < -0.3 is 0 Å². The van der Waals surface area contributed by atoms with Gasteiger partial charge in [0.2, 0.25) is 0 Å². The van der Waals surface area contributed by atoms with Crippen molar-refractivity contribution in [2.45, 2.75) is 4.21 Å². The van der Waals surface area contributed by atoms with E-state index in [4.69, 9.17) is 0 Å². The largest absolute Gasteiger partial charge is 0.278 e. The second kappa shape index (κ2) is 5.39. The number of nitro groups is 1. The van der Waals surface area contributed by atoms with E-state index >= 15 is 0 Å². The molecule has 0 saturated carbocycles. The van der Waals surface area contributed by atoms with Crippen molar-refractivity contribution in [2.75, 3.05) is 4.72 Å². The van der Waals surface area contributed by atoms with Gasteiger partial charge in [-0.2, -0.15) is 0 Å². The Morgan fingerprint density at radius 1 is 1.00 bits per heavy atom. The fourth-order valence-electron chi connectivity index (χ4n) is 2.15. The second-order valence-corrected chi connectivity index (χ2v) is 7.33. The molecular weight excluding hydrogens is 324 g/mol. The van der Waals surface area contributed by atoms with Crippen LogP contribution in [0, 0.1) is 10.1 Å². The number of nitro benzene ring substituents is 1. The maximum absolute atomic E-state index is 12.3. The summed E-state index contributed by atoms with van der Waals surface area (Å²) in [6.45, 7) is 0. The molecule has 0 spiro atoms. The van der Waals surface area contributed by atoms with E-state index in [0.717, 1.165) is 11.3 Å². The third-order valence-electron chi connectivity index (χ3n) is 3.10. The van der Waals surface area contributed by atoms with Crippen LogP contribution in [0.5, 0.6) is 0 Å². The number of thiophene rings is 1. The molecule has 6 nitrogen and oxygen atoms in total. The number of anilines is 1. The minimum Gasteiger partial charge on any atom is -0.278 e. The van der Waals surface area contributed by atoms with Crippen LogP contribution in [0.1, 0.15) is 0 Å². The van der Waals surface area contributed by atoms with E-state index in [2.05, 4.69) is 4.72 Å². The van der Waals surface area contributed by atoms with Crippen LogP contribution in [-0.2, 0) is 10.0 Å². The molecule has 0 aliphatic rings. The van der Waals surface area contributed by atoms with Crippen molar-refractivity contribution in [1.29, 1.82) is 0 Å². The molecule has 8 heteroatoms. The van der Waals surface area contributed by atoms with Crippen LogP contribution in [-0.4, -0.2) is 13.3 Å². The first kappa shape index (κ1) is 14.5. The summed E-state index contributed by atoms with van der Waals surface area (Å²) >= 11 is 1.10. The average Bonchev–Trinajstić information content (AvgIpc) is 3.01. The smallest absolute Gasteiger partial charge is 0.277 e. The SMILES string of the molecule is O=[N+]([O-])c1cccc2c(NS(=O)(=O)c3cccs3)cccc12. The van der Waals surface area contributed by atoms with Gasteiger partial charge in [-0.1, -0.05) is 24.3 Å². The molecule has 0 atom stereocenters. The van der Waals surface area contributed by atoms with Gasteiger partial charge >= 0.3 is 0 Å². The van der Waals surface area contributed by atoms with Crippen LogP contribution < -0.4 is 4.72 Å². The van der Waals surface area contributed by atoms with Crippen molar-refractivity contribution in [3.63, 3.8) is 0 Å². The molecule has 0 aliphatic heterocycles. The molecular formula is C14H10N2O4S2. The Bertz CT molecular complexity index is 950. The third kappa shape index (κ3) is 2.53. The number of benzene rings is 2. The Labute approximate surface area is 130 Å². The maximum Gasteiger partial charge on any atom is 0.277 e. The summed E-state index contributed by atoms with van der Waals surface area (Å²) in [7, 11) is -3.70. The lowest BCUT2D eigenvalue weighted by Gasteiger charge is -2.09. The highest BCUT2D eigenvalue weighted by molar-refractivity contribution is 7.94. The van der Waals surface area contributed by atoms with Gasteiger partial charge in [0.15, 0.2) is 0 Å². The van der Waals surface area contributed by atoms with Gasteiger partial charge in [0.25, 0.3) is 15.7 Å². The number of fused-ring (bicyclic) bond motifs is 1. The van der Waals surface area contributed by atoms with Crippen LogP contribution >= 0.6 is 11.3 Å².